The quantitative estimate of drug-likeness (QED) is 0.127. The SMILES string of the molecule is CC[C@]1(O)C[C@H]2CN(CCc3c([nH]c4ccc(C#CC(C)C)cc34)[C@@](C(=O)OC)(c3cc4c(cc3OC)N(C)C3[C@]45CCN4CC=C[C@@](CC)([C@@H](OC(C)=O)[C@]3(O)C(=O)OC)[C@H]45)C2)C1. The fourth-order valence-electron chi connectivity index (χ4n) is 13.9. The van der Waals surface area contributed by atoms with Crippen LogP contribution in [0.2, 0.25) is 0 Å². The van der Waals surface area contributed by atoms with Gasteiger partial charge in [-0.2, -0.15) is 0 Å². The van der Waals surface area contributed by atoms with Crippen LogP contribution in [0.4, 0.5) is 5.69 Å². The highest BCUT2D eigenvalue weighted by Crippen LogP contribution is 2.68. The Hall–Kier alpha value is -4.87. The fourth-order valence-corrected chi connectivity index (χ4v) is 13.9. The number of carbonyl (C=O) groups excluding carboxylic acids is 3. The van der Waals surface area contributed by atoms with Gasteiger partial charge in [0.25, 0.3) is 0 Å². The van der Waals surface area contributed by atoms with Crippen molar-refractivity contribution < 1.29 is 43.5 Å². The second-order valence-electron chi connectivity index (χ2n) is 19.8. The van der Waals surface area contributed by atoms with Gasteiger partial charge in [0.1, 0.15) is 11.2 Å². The number of hydrogen-bond acceptors (Lipinski definition) is 12. The summed E-state index contributed by atoms with van der Waals surface area (Å²) in [5, 5.41) is 26.5. The Kier molecular flexibility index (Phi) is 10.8. The number of ether oxygens (including phenoxy) is 4. The van der Waals surface area contributed by atoms with Crippen molar-refractivity contribution in [2.75, 3.05) is 66.0 Å². The van der Waals surface area contributed by atoms with Crippen molar-refractivity contribution in [2.45, 2.75) is 113 Å². The molecule has 0 amide bonds. The number of esters is 3. The molecular weight excluding hydrogens is 813 g/mol. The van der Waals surface area contributed by atoms with E-state index < -0.39 is 57.5 Å². The van der Waals surface area contributed by atoms with Gasteiger partial charge in [0.15, 0.2) is 6.10 Å². The van der Waals surface area contributed by atoms with Crippen LogP contribution in [-0.4, -0.2) is 133 Å². The van der Waals surface area contributed by atoms with Crippen molar-refractivity contribution in [3.63, 3.8) is 0 Å². The molecule has 1 aromatic heterocycles. The van der Waals surface area contributed by atoms with Crippen LogP contribution < -0.4 is 9.64 Å². The fraction of sp³-hybridized carbons (Fsp3) is 0.588. The summed E-state index contributed by atoms with van der Waals surface area (Å²) in [5.74, 6) is 5.21. The number of fused-ring (bicyclic) bond motifs is 6. The molecule has 2 bridgehead atoms. The highest BCUT2D eigenvalue weighted by atomic mass is 16.6. The van der Waals surface area contributed by atoms with Crippen LogP contribution in [-0.2, 0) is 45.8 Å². The standard InChI is InChI=1S/C51H64N4O9/c1-10-47(59)26-33-27-50(45(57)62-8,41-34(17-21-54(28-33)29-47)35-23-32(14-13-30(3)4)15-16-38(35)52-41)37-24-36-39(25-40(37)61-7)53(6)43-49(36)19-22-55-20-12-18-48(11-2,42(49)55)44(64-31(5)56)51(43,60)46(58)63-9/h12,15-16,18,23-25,30,33,42-44,52,59-60H,10-11,17,19-22,26-29H2,1-9H3/t33-,42+,43?,44-,47+,48-,49-,50+,51+/m1/s1. The van der Waals surface area contributed by atoms with Gasteiger partial charge >= 0.3 is 17.9 Å². The van der Waals surface area contributed by atoms with Gasteiger partial charge in [-0.25, -0.2) is 4.79 Å². The monoisotopic (exact) mass is 876 g/mol. The number of rotatable bonds is 7. The second-order valence-corrected chi connectivity index (χ2v) is 19.8. The van der Waals surface area contributed by atoms with E-state index in [1.807, 2.05) is 44.0 Å². The third-order valence-electron chi connectivity index (χ3n) is 16.2. The number of likely N-dealkylation sites (N-methyl/N-ethyl adjacent to an activating group) is 1. The first-order valence-electron chi connectivity index (χ1n) is 23.1. The van der Waals surface area contributed by atoms with Crippen molar-refractivity contribution in [3.8, 4) is 17.6 Å². The summed E-state index contributed by atoms with van der Waals surface area (Å²) in [4.78, 5) is 53.6. The number of anilines is 1. The Balaban J connectivity index is 1.36. The third-order valence-corrected chi connectivity index (χ3v) is 16.2. The lowest BCUT2D eigenvalue weighted by Gasteiger charge is -2.63. The summed E-state index contributed by atoms with van der Waals surface area (Å²) in [6, 6.07) is 8.95. The molecule has 5 aliphatic heterocycles. The van der Waals surface area contributed by atoms with E-state index in [1.54, 1.807) is 7.11 Å². The minimum Gasteiger partial charge on any atom is -0.496 e. The average Bonchev–Trinajstić information content (AvgIpc) is 3.94. The van der Waals surface area contributed by atoms with E-state index in [9.17, 15) is 19.8 Å². The molecule has 64 heavy (non-hydrogen) atoms. The molecule has 10 atom stereocenters. The number of hydrogen-bond donors (Lipinski definition) is 3. The number of piperidine rings is 1. The van der Waals surface area contributed by atoms with Crippen LogP contribution in [0, 0.1) is 29.1 Å². The van der Waals surface area contributed by atoms with Crippen LogP contribution in [0.5, 0.6) is 5.75 Å². The predicted molar refractivity (Wildman–Crippen MR) is 242 cm³/mol. The third kappa shape index (κ3) is 6.07. The lowest BCUT2D eigenvalue weighted by atomic mass is 9.47. The molecule has 3 aromatic rings. The first kappa shape index (κ1) is 44.3. The largest absolute Gasteiger partial charge is 0.496 e. The van der Waals surface area contributed by atoms with E-state index in [-0.39, 0.29) is 17.9 Å². The summed E-state index contributed by atoms with van der Waals surface area (Å²) in [6.07, 6.45) is 5.80. The Labute approximate surface area is 376 Å². The van der Waals surface area contributed by atoms with Gasteiger partial charge in [0.05, 0.1) is 33.0 Å². The maximum atomic E-state index is 15.5. The molecule has 1 saturated carbocycles. The normalized spacial score (nSPS) is 34.9. The number of nitrogens with zero attached hydrogens (tertiary/aromatic N) is 3. The van der Waals surface area contributed by atoms with Crippen LogP contribution in [0.3, 0.4) is 0 Å². The molecular formula is C51H64N4O9. The number of aliphatic hydroxyl groups is 2. The summed E-state index contributed by atoms with van der Waals surface area (Å²) < 4.78 is 24.1. The van der Waals surface area contributed by atoms with Crippen molar-refractivity contribution >= 4 is 34.5 Å². The van der Waals surface area contributed by atoms with Crippen molar-refractivity contribution in [1.29, 1.82) is 0 Å². The first-order valence-corrected chi connectivity index (χ1v) is 23.1. The molecule has 13 nitrogen and oxygen atoms in total. The van der Waals surface area contributed by atoms with Gasteiger partial charge in [0.2, 0.25) is 5.60 Å². The smallest absolute Gasteiger partial charge is 0.344 e. The Bertz CT molecular complexity index is 2500. The van der Waals surface area contributed by atoms with E-state index in [4.69, 9.17) is 18.9 Å². The number of methoxy groups -OCH3 is 3. The van der Waals surface area contributed by atoms with Crippen molar-refractivity contribution in [3.05, 3.63) is 70.4 Å². The van der Waals surface area contributed by atoms with E-state index in [2.05, 4.69) is 64.8 Å². The topological polar surface area (TPSA) is 154 Å². The molecule has 1 aliphatic carbocycles. The summed E-state index contributed by atoms with van der Waals surface area (Å²) in [6.45, 7) is 12.7. The zero-order valence-corrected chi connectivity index (χ0v) is 38.8. The zero-order valence-electron chi connectivity index (χ0n) is 38.8. The Morgan fingerprint density at radius 2 is 1.73 bits per heavy atom. The molecule has 1 spiro atoms. The number of nitrogens with one attached hydrogen (secondary N) is 1. The number of H-pyrrole nitrogens is 1. The molecule has 13 heteroatoms. The first-order chi connectivity index (χ1) is 30.5. The molecule has 2 aromatic carbocycles. The summed E-state index contributed by atoms with van der Waals surface area (Å²) in [7, 11) is 6.15. The molecule has 9 rings (SSSR count). The maximum absolute atomic E-state index is 15.5. The molecule has 2 saturated heterocycles. The van der Waals surface area contributed by atoms with Crippen LogP contribution in [0.25, 0.3) is 10.9 Å². The maximum Gasteiger partial charge on any atom is 0.344 e. The van der Waals surface area contributed by atoms with Gasteiger partial charge in [-0.1, -0.05) is 51.7 Å². The molecule has 3 N–H and O–H groups in total. The van der Waals surface area contributed by atoms with Gasteiger partial charge in [-0.3, -0.25) is 19.4 Å². The van der Waals surface area contributed by atoms with E-state index >= 15 is 4.79 Å². The highest BCUT2D eigenvalue weighted by Gasteiger charge is 2.80. The minimum atomic E-state index is -2.32. The summed E-state index contributed by atoms with van der Waals surface area (Å²) >= 11 is 0. The number of carbonyl (C=O) groups is 3. The Morgan fingerprint density at radius 1 is 0.969 bits per heavy atom. The minimum absolute atomic E-state index is 0.129. The lowest BCUT2D eigenvalue weighted by Crippen LogP contribution is -2.81. The van der Waals surface area contributed by atoms with Crippen LogP contribution >= 0.6 is 0 Å². The Morgan fingerprint density at radius 3 is 2.41 bits per heavy atom. The molecule has 0 radical (unpaired) electrons. The van der Waals surface area contributed by atoms with Crippen LogP contribution in [0.15, 0.2) is 42.5 Å². The average molecular weight is 877 g/mol. The van der Waals surface area contributed by atoms with Gasteiger partial charge in [-0.15, -0.1) is 0 Å². The molecule has 342 valence electrons. The van der Waals surface area contributed by atoms with Crippen molar-refractivity contribution in [2.24, 2.45) is 17.3 Å². The van der Waals surface area contributed by atoms with Gasteiger partial charge in [0, 0.05) is 102 Å². The van der Waals surface area contributed by atoms with Gasteiger partial charge in [-0.05, 0) is 86.4 Å². The molecule has 3 fully saturated rings. The van der Waals surface area contributed by atoms with Crippen molar-refractivity contribution in [1.82, 2.24) is 14.8 Å². The molecule has 6 heterocycles. The lowest BCUT2D eigenvalue weighted by molar-refractivity contribution is -0.228. The van der Waals surface area contributed by atoms with Gasteiger partial charge < -0.3 is 39.0 Å². The highest BCUT2D eigenvalue weighted by molar-refractivity contribution is 5.95. The number of benzene rings is 2. The molecule has 2 unspecified atom stereocenters. The van der Waals surface area contributed by atoms with E-state index in [0.717, 1.165) is 39.0 Å². The van der Waals surface area contributed by atoms with E-state index in [1.165, 1.54) is 21.1 Å². The zero-order chi connectivity index (χ0) is 45.7. The molecule has 6 aliphatic rings. The predicted octanol–water partition coefficient (Wildman–Crippen LogP) is 5.00. The second kappa shape index (κ2) is 15.6. The van der Waals surface area contributed by atoms with E-state index in [0.29, 0.717) is 82.6 Å². The summed E-state index contributed by atoms with van der Waals surface area (Å²) in [5.41, 5.74) is -1.04. The number of aromatic nitrogens is 1. The van der Waals surface area contributed by atoms with Crippen LogP contribution in [0.1, 0.15) is 94.7 Å². The number of aromatic amines is 1.